The predicted molar refractivity (Wildman–Crippen MR) is 92.8 cm³/mol. The lowest BCUT2D eigenvalue weighted by molar-refractivity contribution is -0.128. The summed E-state index contributed by atoms with van der Waals surface area (Å²) in [5.74, 6) is 0.112. The van der Waals surface area contributed by atoms with E-state index in [0.29, 0.717) is 5.75 Å². The summed E-state index contributed by atoms with van der Waals surface area (Å²) < 4.78 is 6.19. The number of benzene rings is 3. The molecule has 0 heterocycles. The molecular formula is C19H13BrO2. The maximum Gasteiger partial charge on any atom is 0.336 e. The van der Waals surface area contributed by atoms with Crippen LogP contribution in [-0.4, -0.2) is 5.97 Å². The Morgan fingerprint density at radius 1 is 0.909 bits per heavy atom. The van der Waals surface area contributed by atoms with Crippen LogP contribution in [-0.2, 0) is 4.79 Å². The predicted octanol–water partition coefficient (Wildman–Crippen LogP) is 5.22. The lowest BCUT2D eigenvalue weighted by atomic mass is 10.1. The Morgan fingerprint density at radius 2 is 1.64 bits per heavy atom. The van der Waals surface area contributed by atoms with E-state index >= 15 is 0 Å². The summed E-state index contributed by atoms with van der Waals surface area (Å²) in [6, 6.07) is 21.3. The van der Waals surface area contributed by atoms with Gasteiger partial charge in [-0.1, -0.05) is 60.7 Å². The Balaban J connectivity index is 1.80. The van der Waals surface area contributed by atoms with E-state index in [1.54, 1.807) is 12.1 Å². The van der Waals surface area contributed by atoms with E-state index in [0.717, 1.165) is 20.8 Å². The highest BCUT2D eigenvalue weighted by Crippen LogP contribution is 2.33. The van der Waals surface area contributed by atoms with Gasteiger partial charge in [0.2, 0.25) is 0 Å². The van der Waals surface area contributed by atoms with E-state index in [4.69, 9.17) is 4.74 Å². The first kappa shape index (κ1) is 14.5. The molecule has 0 aliphatic rings. The fourth-order valence-corrected chi connectivity index (χ4v) is 2.74. The van der Waals surface area contributed by atoms with E-state index in [2.05, 4.69) is 15.9 Å². The summed E-state index contributed by atoms with van der Waals surface area (Å²) in [5.41, 5.74) is 0.956. The molecule has 0 N–H and O–H groups in total. The molecule has 108 valence electrons. The van der Waals surface area contributed by atoms with Crippen LogP contribution in [0.1, 0.15) is 5.56 Å². The van der Waals surface area contributed by atoms with Gasteiger partial charge in [-0.25, -0.2) is 4.79 Å². The molecule has 0 spiro atoms. The number of ether oxygens (including phenoxy) is 1. The molecule has 3 rings (SSSR count). The monoisotopic (exact) mass is 352 g/mol. The number of hydrogen-bond donors (Lipinski definition) is 0. The van der Waals surface area contributed by atoms with Crippen molar-refractivity contribution in [2.75, 3.05) is 0 Å². The second kappa shape index (κ2) is 6.58. The van der Waals surface area contributed by atoms with Gasteiger partial charge in [-0.15, -0.1) is 0 Å². The maximum absolute atomic E-state index is 11.9. The zero-order valence-electron chi connectivity index (χ0n) is 11.7. The van der Waals surface area contributed by atoms with E-state index in [1.165, 1.54) is 6.08 Å². The summed E-state index contributed by atoms with van der Waals surface area (Å²) in [4.78, 5) is 11.9. The van der Waals surface area contributed by atoms with Crippen LogP contribution < -0.4 is 4.74 Å². The lowest BCUT2D eigenvalue weighted by Crippen LogP contribution is -2.04. The molecule has 0 amide bonds. The number of rotatable bonds is 3. The number of carbonyl (C=O) groups is 1. The second-order valence-electron chi connectivity index (χ2n) is 4.76. The van der Waals surface area contributed by atoms with Crippen molar-refractivity contribution in [2.45, 2.75) is 0 Å². The van der Waals surface area contributed by atoms with E-state index < -0.39 is 5.97 Å². The summed E-state index contributed by atoms with van der Waals surface area (Å²) in [5, 5.41) is 2.11. The van der Waals surface area contributed by atoms with Crippen LogP contribution in [0.5, 0.6) is 5.75 Å². The second-order valence-corrected chi connectivity index (χ2v) is 5.56. The third-order valence-corrected chi connectivity index (χ3v) is 4.07. The molecule has 0 aliphatic heterocycles. The molecule has 0 aliphatic carbocycles. The topological polar surface area (TPSA) is 26.3 Å². The Morgan fingerprint density at radius 3 is 2.45 bits per heavy atom. The van der Waals surface area contributed by atoms with Crippen LogP contribution in [0.25, 0.3) is 16.8 Å². The van der Waals surface area contributed by atoms with Gasteiger partial charge in [-0.05, 0) is 44.4 Å². The van der Waals surface area contributed by atoms with Gasteiger partial charge in [0.25, 0.3) is 0 Å². The van der Waals surface area contributed by atoms with Crippen molar-refractivity contribution in [1.29, 1.82) is 0 Å². The number of carbonyl (C=O) groups excluding carboxylic acids is 1. The molecule has 3 aromatic rings. The minimum atomic E-state index is -0.403. The van der Waals surface area contributed by atoms with Crippen molar-refractivity contribution in [3.05, 3.63) is 82.8 Å². The first-order valence-corrected chi connectivity index (χ1v) is 7.65. The molecule has 22 heavy (non-hydrogen) atoms. The smallest absolute Gasteiger partial charge is 0.336 e. The van der Waals surface area contributed by atoms with Crippen molar-refractivity contribution >= 4 is 38.7 Å². The Labute approximate surface area is 137 Å². The van der Waals surface area contributed by atoms with Gasteiger partial charge in [0.1, 0.15) is 5.75 Å². The van der Waals surface area contributed by atoms with Gasteiger partial charge in [0, 0.05) is 6.08 Å². The summed E-state index contributed by atoms with van der Waals surface area (Å²) in [7, 11) is 0. The fourth-order valence-electron chi connectivity index (χ4n) is 2.16. The molecule has 0 aromatic heterocycles. The molecule has 2 nitrogen and oxygen atoms in total. The first-order chi connectivity index (χ1) is 10.7. The van der Waals surface area contributed by atoms with Gasteiger partial charge < -0.3 is 4.74 Å². The standard InChI is InChI=1S/C19H13BrO2/c20-19-16-9-5-4-8-15(16)11-12-17(19)22-18(21)13-10-14-6-2-1-3-7-14/h1-13H. The summed E-state index contributed by atoms with van der Waals surface area (Å²) in [6.07, 6.45) is 3.16. The molecule has 0 saturated heterocycles. The Kier molecular flexibility index (Phi) is 4.35. The minimum Gasteiger partial charge on any atom is -0.422 e. The number of fused-ring (bicyclic) bond motifs is 1. The fraction of sp³-hybridized carbons (Fsp3) is 0. The van der Waals surface area contributed by atoms with Crippen LogP contribution in [0.2, 0.25) is 0 Å². The van der Waals surface area contributed by atoms with Gasteiger partial charge in [-0.2, -0.15) is 0 Å². The van der Waals surface area contributed by atoms with Gasteiger partial charge >= 0.3 is 5.97 Å². The van der Waals surface area contributed by atoms with Gasteiger partial charge in [0.15, 0.2) is 0 Å². The molecule has 0 atom stereocenters. The van der Waals surface area contributed by atoms with Crippen molar-refractivity contribution in [3.8, 4) is 5.75 Å². The minimum absolute atomic E-state index is 0.403. The van der Waals surface area contributed by atoms with E-state index in [1.807, 2.05) is 60.7 Å². The number of hydrogen-bond acceptors (Lipinski definition) is 2. The average Bonchev–Trinajstić information content (AvgIpc) is 2.57. The van der Waals surface area contributed by atoms with Crippen LogP contribution in [0.3, 0.4) is 0 Å². The average molecular weight is 353 g/mol. The van der Waals surface area contributed by atoms with Crippen LogP contribution >= 0.6 is 15.9 Å². The SMILES string of the molecule is O=C(C=Cc1ccccc1)Oc1ccc2ccccc2c1Br. The largest absolute Gasteiger partial charge is 0.422 e. The molecule has 3 heteroatoms. The molecule has 0 fully saturated rings. The van der Waals surface area contributed by atoms with Crippen LogP contribution in [0, 0.1) is 0 Å². The molecule has 0 radical (unpaired) electrons. The molecule has 0 bridgehead atoms. The zero-order chi connectivity index (χ0) is 15.4. The van der Waals surface area contributed by atoms with E-state index in [-0.39, 0.29) is 0 Å². The maximum atomic E-state index is 11.9. The highest BCUT2D eigenvalue weighted by atomic mass is 79.9. The lowest BCUT2D eigenvalue weighted by Gasteiger charge is -2.07. The zero-order valence-corrected chi connectivity index (χ0v) is 13.3. The van der Waals surface area contributed by atoms with E-state index in [9.17, 15) is 4.79 Å². The van der Waals surface area contributed by atoms with Crippen LogP contribution in [0.15, 0.2) is 77.3 Å². The Bertz CT molecular complexity index is 838. The van der Waals surface area contributed by atoms with Crippen molar-refractivity contribution in [2.24, 2.45) is 0 Å². The van der Waals surface area contributed by atoms with Crippen LogP contribution in [0.4, 0.5) is 0 Å². The summed E-state index contributed by atoms with van der Waals surface area (Å²) >= 11 is 3.51. The normalized spacial score (nSPS) is 11.0. The third kappa shape index (κ3) is 3.26. The molecule has 0 unspecified atom stereocenters. The van der Waals surface area contributed by atoms with Gasteiger partial charge in [-0.3, -0.25) is 0 Å². The highest BCUT2D eigenvalue weighted by molar-refractivity contribution is 9.10. The first-order valence-electron chi connectivity index (χ1n) is 6.86. The highest BCUT2D eigenvalue weighted by Gasteiger charge is 2.08. The van der Waals surface area contributed by atoms with Crippen molar-refractivity contribution in [3.63, 3.8) is 0 Å². The molecular weight excluding hydrogens is 340 g/mol. The molecule has 3 aromatic carbocycles. The quantitative estimate of drug-likeness (QED) is 0.367. The summed E-state index contributed by atoms with van der Waals surface area (Å²) in [6.45, 7) is 0. The number of esters is 1. The number of halogens is 1. The van der Waals surface area contributed by atoms with Gasteiger partial charge in [0.05, 0.1) is 4.47 Å². The Hall–Kier alpha value is -2.39. The third-order valence-electron chi connectivity index (χ3n) is 3.25. The van der Waals surface area contributed by atoms with Crippen molar-refractivity contribution in [1.82, 2.24) is 0 Å². The van der Waals surface area contributed by atoms with Crippen molar-refractivity contribution < 1.29 is 9.53 Å². The molecule has 0 saturated carbocycles.